The topological polar surface area (TPSA) is 99.9 Å². The molecular formula is C26H32N6O2. The number of nitrogens with zero attached hydrogens (tertiary/aromatic N) is 5. The van der Waals surface area contributed by atoms with E-state index < -0.39 is 0 Å². The molecule has 0 aliphatic carbocycles. The number of pyridine rings is 1. The van der Waals surface area contributed by atoms with E-state index in [1.54, 1.807) is 0 Å². The minimum Gasteiger partial charge on any atom is -0.396 e. The predicted octanol–water partition coefficient (Wildman–Crippen LogP) is 3.40. The molecule has 0 aliphatic heterocycles. The zero-order valence-electron chi connectivity index (χ0n) is 19.8. The second kappa shape index (κ2) is 11.2. The van der Waals surface area contributed by atoms with Crippen LogP contribution in [0.2, 0.25) is 0 Å². The lowest BCUT2D eigenvalue weighted by Gasteiger charge is -2.30. The first-order chi connectivity index (χ1) is 16.6. The first-order valence-corrected chi connectivity index (χ1v) is 11.9. The Morgan fingerprint density at radius 1 is 1.15 bits per heavy atom. The van der Waals surface area contributed by atoms with Gasteiger partial charge in [-0.15, -0.1) is 5.10 Å². The normalized spacial score (nSPS) is 12.5. The molecule has 4 rings (SSSR count). The molecule has 0 radical (unpaired) electrons. The second-order valence-electron chi connectivity index (χ2n) is 8.63. The summed E-state index contributed by atoms with van der Waals surface area (Å²) in [6, 6.07) is 18.2. The average molecular weight is 461 g/mol. The molecule has 0 fully saturated rings. The van der Waals surface area contributed by atoms with E-state index in [2.05, 4.69) is 44.5 Å². The van der Waals surface area contributed by atoms with Crippen LogP contribution in [0.5, 0.6) is 0 Å². The van der Waals surface area contributed by atoms with E-state index in [9.17, 15) is 9.90 Å². The standard InChI is InChI=1S/C26H32N6O2/c1-3-23(25-28-29-30-32(25)15-13-20-10-5-4-6-11-20)31(14-8-16-33)18-22-17-21-12-7-9-19(2)24(21)27-26(22)34/h4-7,9-12,17,23,33H,3,8,13-16,18H2,1-2H3,(H,27,34)/t23-/m0/s1. The summed E-state index contributed by atoms with van der Waals surface area (Å²) in [7, 11) is 0. The molecule has 0 spiro atoms. The van der Waals surface area contributed by atoms with Crippen molar-refractivity contribution in [3.8, 4) is 0 Å². The number of hydrogen-bond acceptors (Lipinski definition) is 6. The Bertz CT molecular complexity index is 1270. The smallest absolute Gasteiger partial charge is 0.252 e. The summed E-state index contributed by atoms with van der Waals surface area (Å²) in [4.78, 5) is 18.2. The lowest BCUT2D eigenvalue weighted by molar-refractivity contribution is 0.152. The SMILES string of the molecule is CC[C@@H](c1nnnn1CCc1ccccc1)N(CCCO)Cc1cc2cccc(C)c2[nH]c1=O. The number of para-hydroxylation sites is 1. The molecule has 34 heavy (non-hydrogen) atoms. The molecule has 0 unspecified atom stereocenters. The van der Waals surface area contributed by atoms with Crippen LogP contribution in [0.25, 0.3) is 10.9 Å². The summed E-state index contributed by atoms with van der Waals surface area (Å²) >= 11 is 0. The molecule has 1 atom stereocenters. The maximum absolute atomic E-state index is 12.9. The Hall–Kier alpha value is -3.36. The highest BCUT2D eigenvalue weighted by atomic mass is 16.3. The Morgan fingerprint density at radius 2 is 1.97 bits per heavy atom. The Labute approximate surface area is 199 Å². The Kier molecular flexibility index (Phi) is 7.82. The highest BCUT2D eigenvalue weighted by Gasteiger charge is 2.25. The van der Waals surface area contributed by atoms with Gasteiger partial charge in [-0.3, -0.25) is 9.69 Å². The number of aromatic nitrogens is 5. The molecule has 8 heteroatoms. The van der Waals surface area contributed by atoms with E-state index in [-0.39, 0.29) is 18.2 Å². The quantitative estimate of drug-likeness (QED) is 0.356. The van der Waals surface area contributed by atoms with E-state index >= 15 is 0 Å². The number of aryl methyl sites for hydroxylation is 3. The van der Waals surface area contributed by atoms with Gasteiger partial charge in [0.1, 0.15) is 0 Å². The summed E-state index contributed by atoms with van der Waals surface area (Å²) in [5.74, 6) is 0.782. The van der Waals surface area contributed by atoms with Crippen LogP contribution < -0.4 is 5.56 Å². The molecule has 0 bridgehead atoms. The van der Waals surface area contributed by atoms with E-state index in [1.807, 2.05) is 54.1 Å². The molecule has 2 heterocycles. The van der Waals surface area contributed by atoms with Gasteiger partial charge in [-0.05, 0) is 59.2 Å². The van der Waals surface area contributed by atoms with Crippen molar-refractivity contribution >= 4 is 10.9 Å². The fraction of sp³-hybridized carbons (Fsp3) is 0.385. The number of nitrogens with one attached hydrogen (secondary N) is 1. The molecular weight excluding hydrogens is 428 g/mol. The Balaban J connectivity index is 1.61. The molecule has 178 valence electrons. The maximum Gasteiger partial charge on any atom is 0.252 e. The van der Waals surface area contributed by atoms with Crippen LogP contribution in [0.3, 0.4) is 0 Å². The van der Waals surface area contributed by atoms with Gasteiger partial charge >= 0.3 is 0 Å². The minimum atomic E-state index is -0.0886. The lowest BCUT2D eigenvalue weighted by atomic mass is 10.1. The summed E-state index contributed by atoms with van der Waals surface area (Å²) in [6.45, 7) is 5.93. The minimum absolute atomic E-state index is 0.0788. The summed E-state index contributed by atoms with van der Waals surface area (Å²) < 4.78 is 1.86. The molecule has 8 nitrogen and oxygen atoms in total. The van der Waals surface area contributed by atoms with Crippen molar-refractivity contribution in [2.45, 2.75) is 52.2 Å². The fourth-order valence-corrected chi connectivity index (χ4v) is 4.48. The highest BCUT2D eigenvalue weighted by Crippen LogP contribution is 2.25. The summed E-state index contributed by atoms with van der Waals surface area (Å²) in [5, 5.41) is 23.1. The first-order valence-electron chi connectivity index (χ1n) is 11.9. The van der Waals surface area contributed by atoms with Gasteiger partial charge in [-0.1, -0.05) is 55.5 Å². The van der Waals surface area contributed by atoms with Crippen molar-refractivity contribution in [1.82, 2.24) is 30.1 Å². The number of fused-ring (bicyclic) bond motifs is 1. The van der Waals surface area contributed by atoms with Gasteiger partial charge in [0.25, 0.3) is 5.56 Å². The molecule has 0 saturated carbocycles. The largest absolute Gasteiger partial charge is 0.396 e. The van der Waals surface area contributed by atoms with Gasteiger partial charge < -0.3 is 10.1 Å². The molecule has 0 amide bonds. The number of aromatic amines is 1. The highest BCUT2D eigenvalue weighted by molar-refractivity contribution is 5.81. The van der Waals surface area contributed by atoms with E-state index in [4.69, 9.17) is 0 Å². The molecule has 2 aromatic carbocycles. The summed E-state index contributed by atoms with van der Waals surface area (Å²) in [6.07, 6.45) is 2.21. The van der Waals surface area contributed by atoms with Crippen molar-refractivity contribution in [3.05, 3.63) is 87.5 Å². The molecule has 0 aliphatic rings. The second-order valence-corrected chi connectivity index (χ2v) is 8.63. The van der Waals surface area contributed by atoms with Crippen LogP contribution in [-0.2, 0) is 19.5 Å². The van der Waals surface area contributed by atoms with Gasteiger partial charge in [0.15, 0.2) is 5.82 Å². The number of benzene rings is 2. The predicted molar refractivity (Wildman–Crippen MR) is 132 cm³/mol. The van der Waals surface area contributed by atoms with Crippen molar-refractivity contribution < 1.29 is 5.11 Å². The van der Waals surface area contributed by atoms with E-state index in [0.717, 1.165) is 35.1 Å². The molecule has 0 saturated heterocycles. The number of H-pyrrole nitrogens is 1. The monoisotopic (exact) mass is 460 g/mol. The number of tetrazole rings is 1. The zero-order chi connectivity index (χ0) is 23.9. The average Bonchev–Trinajstić information content (AvgIpc) is 3.31. The van der Waals surface area contributed by atoms with E-state index in [0.29, 0.717) is 31.6 Å². The number of hydrogen-bond donors (Lipinski definition) is 2. The molecule has 2 N–H and O–H groups in total. The fourth-order valence-electron chi connectivity index (χ4n) is 4.48. The van der Waals surface area contributed by atoms with Crippen molar-refractivity contribution in [2.75, 3.05) is 13.2 Å². The maximum atomic E-state index is 12.9. The van der Waals surface area contributed by atoms with Crippen LogP contribution in [0.1, 0.15) is 48.3 Å². The van der Waals surface area contributed by atoms with Crippen molar-refractivity contribution in [1.29, 1.82) is 0 Å². The van der Waals surface area contributed by atoms with Crippen LogP contribution in [0.15, 0.2) is 59.4 Å². The third kappa shape index (κ3) is 5.40. The van der Waals surface area contributed by atoms with Crippen LogP contribution in [0, 0.1) is 6.92 Å². The third-order valence-corrected chi connectivity index (χ3v) is 6.28. The Morgan fingerprint density at radius 3 is 2.74 bits per heavy atom. The van der Waals surface area contributed by atoms with Crippen LogP contribution in [-0.4, -0.2) is 48.3 Å². The summed E-state index contributed by atoms with van der Waals surface area (Å²) in [5.41, 5.74) is 3.75. The third-order valence-electron chi connectivity index (χ3n) is 6.28. The van der Waals surface area contributed by atoms with Gasteiger partial charge in [0, 0.05) is 31.8 Å². The van der Waals surface area contributed by atoms with Gasteiger partial charge in [-0.25, -0.2) is 4.68 Å². The van der Waals surface area contributed by atoms with Gasteiger partial charge in [0.2, 0.25) is 0 Å². The number of rotatable bonds is 11. The number of aliphatic hydroxyl groups excluding tert-OH is 1. The van der Waals surface area contributed by atoms with Crippen LogP contribution >= 0.6 is 0 Å². The first kappa shape index (κ1) is 23.8. The molecule has 4 aromatic rings. The van der Waals surface area contributed by atoms with Crippen LogP contribution in [0.4, 0.5) is 0 Å². The zero-order valence-corrected chi connectivity index (χ0v) is 19.8. The van der Waals surface area contributed by atoms with Crippen molar-refractivity contribution in [2.24, 2.45) is 0 Å². The molecule has 2 aromatic heterocycles. The van der Waals surface area contributed by atoms with Crippen molar-refractivity contribution in [3.63, 3.8) is 0 Å². The van der Waals surface area contributed by atoms with Gasteiger partial charge in [-0.2, -0.15) is 0 Å². The van der Waals surface area contributed by atoms with E-state index in [1.165, 1.54) is 5.56 Å². The van der Waals surface area contributed by atoms with Gasteiger partial charge in [0.05, 0.1) is 11.6 Å². The lowest BCUT2D eigenvalue weighted by Crippen LogP contribution is -2.34. The number of aliphatic hydroxyl groups is 1.